The zero-order chi connectivity index (χ0) is 15.2. The molecule has 21 heavy (non-hydrogen) atoms. The van der Waals surface area contributed by atoms with Gasteiger partial charge < -0.3 is 15.8 Å². The average molecular weight is 290 g/mol. The van der Waals surface area contributed by atoms with E-state index < -0.39 is 0 Å². The molecule has 1 saturated carbocycles. The first-order valence-corrected chi connectivity index (χ1v) is 7.30. The van der Waals surface area contributed by atoms with Gasteiger partial charge >= 0.3 is 5.97 Å². The van der Waals surface area contributed by atoms with E-state index in [4.69, 9.17) is 10.5 Å². The third-order valence-electron chi connectivity index (χ3n) is 4.13. The van der Waals surface area contributed by atoms with E-state index in [0.29, 0.717) is 18.2 Å². The smallest absolute Gasteiger partial charge is 0.338 e. The first kappa shape index (κ1) is 15.5. The summed E-state index contributed by atoms with van der Waals surface area (Å²) in [6.07, 6.45) is 3.55. The highest BCUT2D eigenvalue weighted by atomic mass is 16.5. The summed E-state index contributed by atoms with van der Waals surface area (Å²) in [5.74, 6) is -0.486. The van der Waals surface area contributed by atoms with Crippen molar-refractivity contribution in [1.29, 1.82) is 0 Å². The number of nitrogens with one attached hydrogen (secondary N) is 1. The molecular weight excluding hydrogens is 268 g/mol. The number of esters is 1. The van der Waals surface area contributed by atoms with E-state index in [1.807, 2.05) is 18.2 Å². The monoisotopic (exact) mass is 290 g/mol. The Labute approximate surface area is 124 Å². The molecule has 1 fully saturated rings. The zero-order valence-electron chi connectivity index (χ0n) is 12.3. The maximum Gasteiger partial charge on any atom is 0.338 e. The number of carbonyl (C=O) groups excluding carboxylic acids is 2. The topological polar surface area (TPSA) is 81.4 Å². The SMILES string of the molecule is COC(=O)c1ccccc1CNC1CCC(C(N)=O)CC1. The lowest BCUT2D eigenvalue weighted by Gasteiger charge is -2.27. The third kappa shape index (κ3) is 4.04. The molecule has 0 atom stereocenters. The highest BCUT2D eigenvalue weighted by Crippen LogP contribution is 2.24. The Bertz CT molecular complexity index is 508. The van der Waals surface area contributed by atoms with Gasteiger partial charge in [-0.05, 0) is 37.3 Å². The third-order valence-corrected chi connectivity index (χ3v) is 4.13. The Kier molecular flexibility index (Phi) is 5.33. The minimum absolute atomic E-state index is 0.0189. The molecule has 0 unspecified atom stereocenters. The molecule has 1 amide bonds. The molecule has 1 aliphatic rings. The summed E-state index contributed by atoms with van der Waals surface area (Å²) in [5.41, 5.74) is 6.86. The van der Waals surface area contributed by atoms with Crippen LogP contribution in [-0.4, -0.2) is 25.0 Å². The minimum Gasteiger partial charge on any atom is -0.465 e. The lowest BCUT2D eigenvalue weighted by molar-refractivity contribution is -0.122. The maximum absolute atomic E-state index is 11.7. The van der Waals surface area contributed by atoms with E-state index in [1.54, 1.807) is 6.07 Å². The molecule has 0 aromatic heterocycles. The Morgan fingerprint density at radius 1 is 1.24 bits per heavy atom. The van der Waals surface area contributed by atoms with Crippen molar-refractivity contribution in [3.63, 3.8) is 0 Å². The van der Waals surface area contributed by atoms with E-state index in [-0.39, 0.29) is 17.8 Å². The summed E-state index contributed by atoms with van der Waals surface area (Å²) >= 11 is 0. The van der Waals surface area contributed by atoms with Crippen LogP contribution in [-0.2, 0) is 16.1 Å². The predicted octanol–water partition coefficient (Wildman–Crippen LogP) is 1.61. The number of hydrogen-bond donors (Lipinski definition) is 2. The molecule has 0 saturated heterocycles. The standard InChI is InChI=1S/C16H22N2O3/c1-21-16(20)14-5-3-2-4-12(14)10-18-13-8-6-11(7-9-13)15(17)19/h2-5,11,13,18H,6-10H2,1H3,(H2,17,19). The molecule has 0 spiro atoms. The number of benzene rings is 1. The van der Waals surface area contributed by atoms with E-state index in [9.17, 15) is 9.59 Å². The first-order valence-electron chi connectivity index (χ1n) is 7.30. The molecule has 5 nitrogen and oxygen atoms in total. The summed E-state index contributed by atoms with van der Waals surface area (Å²) in [6, 6.07) is 7.80. The van der Waals surface area contributed by atoms with E-state index in [1.165, 1.54) is 7.11 Å². The molecule has 0 aliphatic heterocycles. The van der Waals surface area contributed by atoms with Gasteiger partial charge in [-0.25, -0.2) is 4.79 Å². The molecule has 1 aromatic carbocycles. The van der Waals surface area contributed by atoms with Gasteiger partial charge in [0.25, 0.3) is 0 Å². The number of rotatable bonds is 5. The summed E-state index contributed by atoms with van der Waals surface area (Å²) < 4.78 is 4.79. The van der Waals surface area contributed by atoms with Crippen LogP contribution in [0.5, 0.6) is 0 Å². The van der Waals surface area contributed by atoms with Crippen LogP contribution in [0.1, 0.15) is 41.6 Å². The average Bonchev–Trinajstić information content (AvgIpc) is 2.52. The number of ether oxygens (including phenoxy) is 1. The molecule has 0 bridgehead atoms. The Hall–Kier alpha value is -1.88. The molecule has 1 aromatic rings. The zero-order valence-corrected chi connectivity index (χ0v) is 12.3. The molecule has 5 heteroatoms. The van der Waals surface area contributed by atoms with E-state index in [2.05, 4.69) is 5.32 Å². The Morgan fingerprint density at radius 3 is 2.52 bits per heavy atom. The maximum atomic E-state index is 11.7. The summed E-state index contributed by atoms with van der Waals surface area (Å²) in [6.45, 7) is 0.622. The number of hydrogen-bond acceptors (Lipinski definition) is 4. The Morgan fingerprint density at radius 2 is 1.90 bits per heavy atom. The fraction of sp³-hybridized carbons (Fsp3) is 0.500. The molecule has 1 aliphatic carbocycles. The van der Waals surface area contributed by atoms with Crippen molar-refractivity contribution in [3.8, 4) is 0 Å². The second-order valence-electron chi connectivity index (χ2n) is 5.48. The lowest BCUT2D eigenvalue weighted by Crippen LogP contribution is -2.36. The van der Waals surface area contributed by atoms with Crippen LogP contribution >= 0.6 is 0 Å². The van der Waals surface area contributed by atoms with Crippen molar-refractivity contribution in [2.75, 3.05) is 7.11 Å². The fourth-order valence-corrected chi connectivity index (χ4v) is 2.82. The van der Waals surface area contributed by atoms with Gasteiger partial charge in [0, 0.05) is 18.5 Å². The lowest BCUT2D eigenvalue weighted by atomic mass is 9.85. The van der Waals surface area contributed by atoms with Gasteiger partial charge in [0.2, 0.25) is 5.91 Å². The number of amides is 1. The second-order valence-corrected chi connectivity index (χ2v) is 5.48. The van der Waals surface area contributed by atoms with Gasteiger partial charge in [-0.3, -0.25) is 4.79 Å². The van der Waals surface area contributed by atoms with Crippen LogP contribution in [0, 0.1) is 5.92 Å². The first-order chi connectivity index (χ1) is 10.1. The van der Waals surface area contributed by atoms with Crippen LogP contribution in [0.2, 0.25) is 0 Å². The quantitative estimate of drug-likeness (QED) is 0.807. The van der Waals surface area contributed by atoms with Gasteiger partial charge in [0.05, 0.1) is 12.7 Å². The summed E-state index contributed by atoms with van der Waals surface area (Å²) in [7, 11) is 1.39. The van der Waals surface area contributed by atoms with Crippen molar-refractivity contribution in [2.24, 2.45) is 11.7 Å². The van der Waals surface area contributed by atoms with Crippen LogP contribution in [0.25, 0.3) is 0 Å². The van der Waals surface area contributed by atoms with Gasteiger partial charge in [-0.2, -0.15) is 0 Å². The number of nitrogens with two attached hydrogens (primary N) is 1. The van der Waals surface area contributed by atoms with Crippen molar-refractivity contribution >= 4 is 11.9 Å². The van der Waals surface area contributed by atoms with Crippen LogP contribution < -0.4 is 11.1 Å². The highest BCUT2D eigenvalue weighted by Gasteiger charge is 2.24. The molecular formula is C16H22N2O3. The largest absolute Gasteiger partial charge is 0.465 e. The number of primary amides is 1. The molecule has 0 heterocycles. The normalized spacial score (nSPS) is 21.8. The van der Waals surface area contributed by atoms with E-state index >= 15 is 0 Å². The molecule has 2 rings (SSSR count). The van der Waals surface area contributed by atoms with Gasteiger partial charge in [0.1, 0.15) is 0 Å². The van der Waals surface area contributed by atoms with Gasteiger partial charge in [-0.15, -0.1) is 0 Å². The molecule has 114 valence electrons. The Balaban J connectivity index is 1.90. The molecule has 0 radical (unpaired) electrons. The summed E-state index contributed by atoms with van der Waals surface area (Å²) in [5, 5.41) is 3.46. The predicted molar refractivity (Wildman–Crippen MR) is 79.6 cm³/mol. The van der Waals surface area contributed by atoms with Gasteiger partial charge in [0.15, 0.2) is 0 Å². The van der Waals surface area contributed by atoms with Gasteiger partial charge in [-0.1, -0.05) is 18.2 Å². The fourth-order valence-electron chi connectivity index (χ4n) is 2.82. The van der Waals surface area contributed by atoms with Crippen molar-refractivity contribution in [3.05, 3.63) is 35.4 Å². The second kappa shape index (κ2) is 7.22. The van der Waals surface area contributed by atoms with Crippen molar-refractivity contribution < 1.29 is 14.3 Å². The van der Waals surface area contributed by atoms with Crippen LogP contribution in [0.15, 0.2) is 24.3 Å². The van der Waals surface area contributed by atoms with E-state index in [0.717, 1.165) is 31.2 Å². The van der Waals surface area contributed by atoms with Crippen molar-refractivity contribution in [2.45, 2.75) is 38.3 Å². The number of methoxy groups -OCH3 is 1. The van der Waals surface area contributed by atoms with Crippen LogP contribution in [0.3, 0.4) is 0 Å². The minimum atomic E-state index is -0.315. The highest BCUT2D eigenvalue weighted by molar-refractivity contribution is 5.90. The summed E-state index contributed by atoms with van der Waals surface area (Å²) in [4.78, 5) is 22.8. The van der Waals surface area contributed by atoms with Crippen LogP contribution in [0.4, 0.5) is 0 Å². The van der Waals surface area contributed by atoms with Crippen molar-refractivity contribution in [1.82, 2.24) is 5.32 Å². The molecule has 3 N–H and O–H groups in total. The number of carbonyl (C=O) groups is 2.